The summed E-state index contributed by atoms with van der Waals surface area (Å²) in [4.78, 5) is 31.0. The van der Waals surface area contributed by atoms with Gasteiger partial charge >= 0.3 is 0 Å². The van der Waals surface area contributed by atoms with Crippen LogP contribution in [0.25, 0.3) is 10.9 Å². The van der Waals surface area contributed by atoms with Crippen molar-refractivity contribution in [3.8, 4) is 0 Å². The number of rotatable bonds is 1. The molecule has 2 aliphatic rings. The number of amides is 2. The first-order valence-corrected chi connectivity index (χ1v) is 8.47. The minimum absolute atomic E-state index is 0.0689. The zero-order chi connectivity index (χ0) is 17.0. The van der Waals surface area contributed by atoms with Crippen molar-refractivity contribution in [1.29, 1.82) is 0 Å². The van der Waals surface area contributed by atoms with Gasteiger partial charge in [-0.1, -0.05) is 23.2 Å². The predicted octanol–water partition coefficient (Wildman–Crippen LogP) is 3.06. The Morgan fingerprint density at radius 2 is 2.04 bits per heavy atom. The molecule has 5 nitrogen and oxygen atoms in total. The van der Waals surface area contributed by atoms with Gasteiger partial charge in [0, 0.05) is 43.0 Å². The van der Waals surface area contributed by atoms with Crippen LogP contribution in [0.5, 0.6) is 0 Å². The summed E-state index contributed by atoms with van der Waals surface area (Å²) < 4.78 is 13.6. The van der Waals surface area contributed by atoms with Gasteiger partial charge in [0.15, 0.2) is 0 Å². The Morgan fingerprint density at radius 3 is 2.83 bits per heavy atom. The number of halogens is 3. The topological polar surface area (TPSA) is 56.4 Å². The van der Waals surface area contributed by atoms with Gasteiger partial charge in [-0.15, -0.1) is 0 Å². The Labute approximate surface area is 147 Å². The van der Waals surface area contributed by atoms with Gasteiger partial charge in [-0.3, -0.25) is 9.59 Å². The van der Waals surface area contributed by atoms with Gasteiger partial charge in [-0.25, -0.2) is 4.39 Å². The monoisotopic (exact) mass is 369 g/mol. The second-order valence-corrected chi connectivity index (χ2v) is 6.88. The second kappa shape index (κ2) is 5.63. The van der Waals surface area contributed by atoms with E-state index in [1.807, 2.05) is 4.90 Å². The molecule has 2 amide bonds. The van der Waals surface area contributed by atoms with Crippen LogP contribution < -0.4 is 0 Å². The minimum Gasteiger partial charge on any atom is -0.349 e. The number of nitrogens with one attached hydrogen (secondary N) is 1. The van der Waals surface area contributed by atoms with E-state index in [0.717, 1.165) is 6.42 Å². The van der Waals surface area contributed by atoms with Crippen LogP contribution in [0.1, 0.15) is 23.3 Å². The lowest BCUT2D eigenvalue weighted by Crippen LogP contribution is -2.53. The van der Waals surface area contributed by atoms with E-state index in [2.05, 4.69) is 4.98 Å². The fraction of sp³-hybridized carbons (Fsp3) is 0.375. The zero-order valence-electron chi connectivity index (χ0n) is 12.6. The fourth-order valence-corrected chi connectivity index (χ4v) is 4.17. The van der Waals surface area contributed by atoms with Crippen molar-refractivity contribution in [2.24, 2.45) is 0 Å². The van der Waals surface area contributed by atoms with Gasteiger partial charge in [0.05, 0.1) is 10.0 Å². The van der Waals surface area contributed by atoms with Gasteiger partial charge in [-0.2, -0.15) is 0 Å². The third kappa shape index (κ3) is 2.28. The van der Waals surface area contributed by atoms with Crippen molar-refractivity contribution in [1.82, 2.24) is 14.8 Å². The number of benzene rings is 1. The molecule has 2 fully saturated rings. The number of aromatic nitrogens is 1. The number of hydrogen-bond acceptors (Lipinski definition) is 2. The average Bonchev–Trinajstić information content (AvgIpc) is 3.11. The molecule has 1 aromatic heterocycles. The molecule has 1 atom stereocenters. The number of hydrogen-bond donors (Lipinski definition) is 1. The van der Waals surface area contributed by atoms with E-state index in [-0.39, 0.29) is 33.6 Å². The standard InChI is InChI=1S/C16H14Cl2FN3O2/c17-13-9(19)2-3-10-12(13)14(18)15(20-10)16(24)21-5-6-22-8(7-21)1-4-11(22)23/h2-3,8,20H,1,4-7H2. The molecular weight excluding hydrogens is 356 g/mol. The summed E-state index contributed by atoms with van der Waals surface area (Å²) in [5.41, 5.74) is 0.723. The smallest absolute Gasteiger partial charge is 0.271 e. The Kier molecular flexibility index (Phi) is 3.69. The number of nitrogens with zero attached hydrogens (tertiary/aromatic N) is 2. The van der Waals surface area contributed by atoms with Crippen LogP contribution in [0.4, 0.5) is 4.39 Å². The zero-order valence-corrected chi connectivity index (χ0v) is 14.1. The van der Waals surface area contributed by atoms with E-state index >= 15 is 0 Å². The molecule has 4 rings (SSSR count). The summed E-state index contributed by atoms with van der Waals surface area (Å²) in [6.45, 7) is 1.47. The lowest BCUT2D eigenvalue weighted by atomic mass is 10.1. The molecule has 0 radical (unpaired) electrons. The summed E-state index contributed by atoms with van der Waals surface area (Å²) in [5, 5.41) is 0.347. The van der Waals surface area contributed by atoms with Crippen LogP contribution in [0.2, 0.25) is 10.0 Å². The molecular formula is C16H14Cl2FN3O2. The summed E-state index contributed by atoms with van der Waals surface area (Å²) in [6, 6.07) is 2.81. The second-order valence-electron chi connectivity index (χ2n) is 6.13. The molecule has 1 aromatic carbocycles. The van der Waals surface area contributed by atoms with Gasteiger partial charge < -0.3 is 14.8 Å². The van der Waals surface area contributed by atoms with E-state index < -0.39 is 5.82 Å². The highest BCUT2D eigenvalue weighted by Gasteiger charge is 2.37. The Bertz CT molecular complexity index is 867. The predicted molar refractivity (Wildman–Crippen MR) is 88.9 cm³/mol. The van der Waals surface area contributed by atoms with Crippen molar-refractivity contribution in [3.05, 3.63) is 33.7 Å². The molecule has 126 valence electrons. The van der Waals surface area contributed by atoms with Crippen LogP contribution in [0, 0.1) is 5.82 Å². The van der Waals surface area contributed by atoms with Crippen LogP contribution in [-0.2, 0) is 4.79 Å². The first kappa shape index (κ1) is 15.7. The molecule has 2 aromatic rings. The van der Waals surface area contributed by atoms with Crippen LogP contribution in [-0.4, -0.2) is 52.3 Å². The lowest BCUT2D eigenvalue weighted by molar-refractivity contribution is -0.130. The lowest BCUT2D eigenvalue weighted by Gasteiger charge is -2.37. The van der Waals surface area contributed by atoms with Crippen molar-refractivity contribution in [3.63, 3.8) is 0 Å². The van der Waals surface area contributed by atoms with E-state index in [1.165, 1.54) is 12.1 Å². The normalized spacial score (nSPS) is 20.8. The van der Waals surface area contributed by atoms with Gasteiger partial charge in [0.2, 0.25) is 5.91 Å². The first-order chi connectivity index (χ1) is 11.5. The van der Waals surface area contributed by atoms with Crippen LogP contribution in [0.15, 0.2) is 12.1 Å². The van der Waals surface area contributed by atoms with Crippen molar-refractivity contribution in [2.75, 3.05) is 19.6 Å². The third-order valence-electron chi connectivity index (χ3n) is 4.79. The molecule has 24 heavy (non-hydrogen) atoms. The maximum atomic E-state index is 13.6. The summed E-state index contributed by atoms with van der Waals surface area (Å²) >= 11 is 12.3. The highest BCUT2D eigenvalue weighted by atomic mass is 35.5. The van der Waals surface area contributed by atoms with E-state index in [4.69, 9.17) is 23.2 Å². The van der Waals surface area contributed by atoms with E-state index in [9.17, 15) is 14.0 Å². The Morgan fingerprint density at radius 1 is 1.25 bits per heavy atom. The molecule has 0 spiro atoms. The molecule has 3 heterocycles. The average molecular weight is 370 g/mol. The van der Waals surface area contributed by atoms with Crippen LogP contribution in [0.3, 0.4) is 0 Å². The van der Waals surface area contributed by atoms with Gasteiger partial charge in [0.25, 0.3) is 5.91 Å². The number of H-pyrrole nitrogens is 1. The minimum atomic E-state index is -0.581. The van der Waals surface area contributed by atoms with Crippen molar-refractivity contribution >= 4 is 45.9 Å². The fourth-order valence-electron chi connectivity index (χ4n) is 3.54. The van der Waals surface area contributed by atoms with Crippen molar-refractivity contribution < 1.29 is 14.0 Å². The molecule has 1 unspecified atom stereocenters. The Balaban J connectivity index is 1.66. The van der Waals surface area contributed by atoms with E-state index in [0.29, 0.717) is 37.0 Å². The number of carbonyl (C=O) groups is 2. The first-order valence-electron chi connectivity index (χ1n) is 7.71. The molecule has 8 heteroatoms. The number of carbonyl (C=O) groups excluding carboxylic acids is 2. The number of piperazine rings is 1. The molecule has 0 bridgehead atoms. The highest BCUT2D eigenvalue weighted by molar-refractivity contribution is 6.44. The third-order valence-corrected chi connectivity index (χ3v) is 5.54. The molecule has 2 aliphatic heterocycles. The van der Waals surface area contributed by atoms with E-state index in [1.54, 1.807) is 4.90 Å². The summed E-state index contributed by atoms with van der Waals surface area (Å²) in [5.74, 6) is -0.688. The molecule has 2 saturated heterocycles. The van der Waals surface area contributed by atoms with Gasteiger partial charge in [-0.05, 0) is 18.6 Å². The van der Waals surface area contributed by atoms with Gasteiger partial charge in [0.1, 0.15) is 11.5 Å². The summed E-state index contributed by atoms with van der Waals surface area (Å²) in [6.07, 6.45) is 1.30. The van der Waals surface area contributed by atoms with Crippen molar-refractivity contribution in [2.45, 2.75) is 18.9 Å². The number of aromatic amines is 1. The largest absolute Gasteiger partial charge is 0.349 e. The highest BCUT2D eigenvalue weighted by Crippen LogP contribution is 2.35. The number of fused-ring (bicyclic) bond motifs is 2. The Hall–Kier alpha value is -1.79. The maximum Gasteiger partial charge on any atom is 0.271 e. The van der Waals surface area contributed by atoms with Crippen LogP contribution >= 0.6 is 23.2 Å². The molecule has 0 aliphatic carbocycles. The quantitative estimate of drug-likeness (QED) is 0.839. The molecule has 1 N–H and O–H groups in total. The maximum absolute atomic E-state index is 13.6. The SMILES string of the molecule is O=C(c1[nH]c2ccc(F)c(Cl)c2c1Cl)N1CCN2C(=O)CCC2C1. The molecule has 0 saturated carbocycles. The summed E-state index contributed by atoms with van der Waals surface area (Å²) in [7, 11) is 0.